The van der Waals surface area contributed by atoms with E-state index in [9.17, 15) is 4.79 Å². The Morgan fingerprint density at radius 2 is 1.83 bits per heavy atom. The third-order valence-electron chi connectivity index (χ3n) is 6.15. The molecule has 2 aromatic carbocycles. The third kappa shape index (κ3) is 3.22. The van der Waals surface area contributed by atoms with Crippen molar-refractivity contribution >= 4 is 11.6 Å². The largest absolute Gasteiger partial charge is 0.489 e. The molecule has 0 saturated carbocycles. The van der Waals surface area contributed by atoms with Gasteiger partial charge in [-0.1, -0.05) is 42.5 Å². The molecular formula is C24H26N4O2. The first-order valence-electron chi connectivity index (χ1n) is 10.4. The van der Waals surface area contributed by atoms with Crippen molar-refractivity contribution in [2.24, 2.45) is 7.05 Å². The monoisotopic (exact) mass is 402 g/mol. The average Bonchev–Trinajstić information content (AvgIpc) is 2.98. The van der Waals surface area contributed by atoms with Crippen molar-refractivity contribution in [2.75, 3.05) is 31.6 Å². The lowest BCUT2D eigenvalue weighted by Gasteiger charge is -2.35. The van der Waals surface area contributed by atoms with E-state index in [0.717, 1.165) is 48.0 Å². The van der Waals surface area contributed by atoms with Crippen molar-refractivity contribution in [2.45, 2.75) is 18.9 Å². The van der Waals surface area contributed by atoms with E-state index in [2.05, 4.69) is 30.1 Å². The number of likely N-dealkylation sites (N-methyl/N-ethyl adjacent to an activating group) is 1. The molecule has 1 aromatic heterocycles. The van der Waals surface area contributed by atoms with Crippen molar-refractivity contribution in [1.82, 2.24) is 14.5 Å². The van der Waals surface area contributed by atoms with Crippen LogP contribution in [0.4, 0.5) is 5.69 Å². The van der Waals surface area contributed by atoms with Crippen molar-refractivity contribution in [3.05, 3.63) is 77.4 Å². The second-order valence-corrected chi connectivity index (χ2v) is 8.11. The number of carbonyl (C=O) groups is 1. The molecule has 6 heteroatoms. The van der Waals surface area contributed by atoms with Gasteiger partial charge in [-0.15, -0.1) is 0 Å². The molecule has 5 rings (SSSR count). The van der Waals surface area contributed by atoms with Gasteiger partial charge in [-0.05, 0) is 17.7 Å². The van der Waals surface area contributed by atoms with Crippen molar-refractivity contribution in [3.63, 3.8) is 0 Å². The van der Waals surface area contributed by atoms with Crippen LogP contribution in [-0.2, 0) is 19.9 Å². The van der Waals surface area contributed by atoms with Gasteiger partial charge >= 0.3 is 0 Å². The van der Waals surface area contributed by atoms with Gasteiger partial charge in [0.15, 0.2) is 0 Å². The fraction of sp³-hybridized carbons (Fsp3) is 0.333. The normalized spacial score (nSPS) is 18.5. The number of nitrogens with zero attached hydrogens (tertiary/aromatic N) is 4. The van der Waals surface area contributed by atoms with Crippen LogP contribution in [0.5, 0.6) is 5.75 Å². The number of carbonyl (C=O) groups excluding carboxylic acids is 1. The van der Waals surface area contributed by atoms with E-state index in [0.29, 0.717) is 13.2 Å². The van der Waals surface area contributed by atoms with Crippen LogP contribution in [0.1, 0.15) is 27.6 Å². The highest BCUT2D eigenvalue weighted by Crippen LogP contribution is 2.31. The highest BCUT2D eigenvalue weighted by Gasteiger charge is 2.36. The molecule has 0 N–H and O–H groups in total. The standard InChI is InChI=1S/C24H26N4O2/c1-26-15-18(16-30-21-11-7-6-10-20(21)26)28-13-12-19-23(24(28)29)27(2)22(25-19)14-17-8-4-3-5-9-17/h3-11,18H,12-16H2,1-2H3/t18-/m0/s1. The Morgan fingerprint density at radius 1 is 1.07 bits per heavy atom. The molecule has 30 heavy (non-hydrogen) atoms. The molecule has 0 radical (unpaired) electrons. The first-order valence-corrected chi connectivity index (χ1v) is 10.4. The van der Waals surface area contributed by atoms with Crippen LogP contribution in [0.3, 0.4) is 0 Å². The van der Waals surface area contributed by atoms with E-state index in [1.54, 1.807) is 0 Å². The zero-order chi connectivity index (χ0) is 20.7. The Morgan fingerprint density at radius 3 is 2.67 bits per heavy atom. The number of fused-ring (bicyclic) bond motifs is 2. The van der Waals surface area contributed by atoms with Crippen LogP contribution in [0, 0.1) is 0 Å². The van der Waals surface area contributed by atoms with E-state index >= 15 is 0 Å². The van der Waals surface area contributed by atoms with E-state index < -0.39 is 0 Å². The molecule has 0 fully saturated rings. The molecule has 6 nitrogen and oxygen atoms in total. The van der Waals surface area contributed by atoms with Gasteiger partial charge in [0, 0.05) is 40.0 Å². The van der Waals surface area contributed by atoms with Crippen LogP contribution in [0.25, 0.3) is 0 Å². The molecule has 1 amide bonds. The average molecular weight is 402 g/mol. The molecule has 3 heterocycles. The molecule has 0 bridgehead atoms. The molecule has 154 valence electrons. The van der Waals surface area contributed by atoms with Gasteiger partial charge in [-0.25, -0.2) is 4.98 Å². The van der Waals surface area contributed by atoms with Crippen molar-refractivity contribution in [1.29, 1.82) is 0 Å². The Balaban J connectivity index is 1.39. The summed E-state index contributed by atoms with van der Waals surface area (Å²) in [6.45, 7) is 1.91. The lowest BCUT2D eigenvalue weighted by Crippen LogP contribution is -2.51. The predicted molar refractivity (Wildman–Crippen MR) is 116 cm³/mol. The minimum atomic E-state index is -0.00415. The minimum Gasteiger partial charge on any atom is -0.489 e. The molecule has 2 aliphatic rings. The van der Waals surface area contributed by atoms with Gasteiger partial charge in [-0.3, -0.25) is 4.79 Å². The number of rotatable bonds is 3. The van der Waals surface area contributed by atoms with Crippen LogP contribution in [0.2, 0.25) is 0 Å². The second kappa shape index (κ2) is 7.52. The Hall–Kier alpha value is -3.28. The van der Waals surface area contributed by atoms with E-state index in [1.807, 2.05) is 52.9 Å². The number of benzene rings is 2. The topological polar surface area (TPSA) is 50.6 Å². The van der Waals surface area contributed by atoms with Gasteiger partial charge < -0.3 is 19.1 Å². The van der Waals surface area contributed by atoms with Crippen molar-refractivity contribution in [3.8, 4) is 5.75 Å². The van der Waals surface area contributed by atoms with Crippen LogP contribution < -0.4 is 9.64 Å². The summed E-state index contributed by atoms with van der Waals surface area (Å²) in [5.74, 6) is 1.86. The number of para-hydroxylation sites is 2. The lowest BCUT2D eigenvalue weighted by molar-refractivity contribution is 0.0598. The van der Waals surface area contributed by atoms with E-state index in [1.165, 1.54) is 5.56 Å². The molecule has 0 saturated heterocycles. The molecule has 3 aromatic rings. The molecular weight excluding hydrogens is 376 g/mol. The highest BCUT2D eigenvalue weighted by atomic mass is 16.5. The van der Waals surface area contributed by atoms with Gasteiger partial charge in [0.25, 0.3) is 5.91 Å². The number of anilines is 1. The molecule has 2 aliphatic heterocycles. The van der Waals surface area contributed by atoms with Gasteiger partial charge in [0.05, 0.1) is 17.4 Å². The third-order valence-corrected chi connectivity index (χ3v) is 6.15. The fourth-order valence-electron chi connectivity index (χ4n) is 4.53. The summed E-state index contributed by atoms with van der Waals surface area (Å²) in [6.07, 6.45) is 1.50. The summed E-state index contributed by atoms with van der Waals surface area (Å²) >= 11 is 0. The first kappa shape index (κ1) is 18.7. The minimum absolute atomic E-state index is 0.00415. The summed E-state index contributed by atoms with van der Waals surface area (Å²) < 4.78 is 8.06. The van der Waals surface area contributed by atoms with E-state index in [4.69, 9.17) is 9.72 Å². The Kier molecular flexibility index (Phi) is 4.69. The predicted octanol–water partition coefficient (Wildman–Crippen LogP) is 2.91. The summed E-state index contributed by atoms with van der Waals surface area (Å²) in [4.78, 5) is 22.5. The fourth-order valence-corrected chi connectivity index (χ4v) is 4.53. The van der Waals surface area contributed by atoms with Crippen LogP contribution in [-0.4, -0.2) is 53.1 Å². The molecule has 1 atom stereocenters. The Bertz CT molecular complexity index is 1080. The lowest BCUT2D eigenvalue weighted by atomic mass is 10.1. The maximum atomic E-state index is 13.5. The van der Waals surface area contributed by atoms with Gasteiger partial charge in [-0.2, -0.15) is 0 Å². The first-order chi connectivity index (χ1) is 14.6. The number of ether oxygens (including phenoxy) is 1. The quantitative estimate of drug-likeness (QED) is 0.676. The molecule has 0 spiro atoms. The molecule has 0 unspecified atom stereocenters. The number of hydrogen-bond acceptors (Lipinski definition) is 4. The number of imidazole rings is 1. The van der Waals surface area contributed by atoms with Crippen molar-refractivity contribution < 1.29 is 9.53 Å². The summed E-state index contributed by atoms with van der Waals surface area (Å²) in [5, 5.41) is 0. The summed E-state index contributed by atoms with van der Waals surface area (Å²) in [5.41, 5.74) is 3.90. The second-order valence-electron chi connectivity index (χ2n) is 8.11. The smallest absolute Gasteiger partial charge is 0.272 e. The van der Waals surface area contributed by atoms with Gasteiger partial charge in [0.2, 0.25) is 0 Å². The van der Waals surface area contributed by atoms with Crippen LogP contribution in [0.15, 0.2) is 54.6 Å². The summed E-state index contributed by atoms with van der Waals surface area (Å²) in [6, 6.07) is 18.3. The zero-order valence-corrected chi connectivity index (χ0v) is 17.4. The Labute approximate surface area is 176 Å². The maximum Gasteiger partial charge on any atom is 0.272 e. The maximum absolute atomic E-state index is 13.5. The summed E-state index contributed by atoms with van der Waals surface area (Å²) in [7, 11) is 4.01. The molecule has 0 aliphatic carbocycles. The number of amides is 1. The van der Waals surface area contributed by atoms with E-state index in [-0.39, 0.29) is 11.9 Å². The van der Waals surface area contributed by atoms with Gasteiger partial charge in [0.1, 0.15) is 23.9 Å². The zero-order valence-electron chi connectivity index (χ0n) is 17.4. The SMILES string of the molecule is CN1C[C@H](N2CCc3nc(Cc4ccccc4)n(C)c3C2=O)COc2ccccc21. The number of hydrogen-bond donors (Lipinski definition) is 0. The number of aromatic nitrogens is 2. The highest BCUT2D eigenvalue weighted by molar-refractivity contribution is 5.95. The van der Waals surface area contributed by atoms with Crippen LogP contribution >= 0.6 is 0 Å².